The summed E-state index contributed by atoms with van der Waals surface area (Å²) in [4.78, 5) is 18.1. The lowest BCUT2D eigenvalue weighted by Gasteiger charge is -2.40. The van der Waals surface area contributed by atoms with Gasteiger partial charge < -0.3 is 14.6 Å². The molecule has 1 aromatic heterocycles. The molecule has 1 saturated heterocycles. The first-order valence-corrected chi connectivity index (χ1v) is 10.5. The lowest BCUT2D eigenvalue weighted by Crippen LogP contribution is -2.43. The zero-order valence-corrected chi connectivity index (χ0v) is 18.2. The van der Waals surface area contributed by atoms with Crippen LogP contribution >= 0.6 is 15.9 Å². The molecule has 0 bridgehead atoms. The highest BCUT2D eigenvalue weighted by molar-refractivity contribution is 9.10. The average Bonchev–Trinajstić information content (AvgIpc) is 2.63. The summed E-state index contributed by atoms with van der Waals surface area (Å²) < 4.78 is 6.96. The van der Waals surface area contributed by atoms with E-state index < -0.39 is 0 Å². The molecule has 1 fully saturated rings. The number of aromatic nitrogens is 1. The quantitative estimate of drug-likeness (QED) is 0.720. The fourth-order valence-electron chi connectivity index (χ4n) is 3.98. The van der Waals surface area contributed by atoms with E-state index in [1.165, 1.54) is 11.3 Å². The van der Waals surface area contributed by atoms with Gasteiger partial charge in [0.15, 0.2) is 0 Å². The lowest BCUT2D eigenvalue weighted by atomic mass is 9.97. The molecule has 4 nitrogen and oxygen atoms in total. The second-order valence-corrected chi connectivity index (χ2v) is 8.50. The molecule has 0 spiro atoms. The third-order valence-electron chi connectivity index (χ3n) is 5.54. The first-order chi connectivity index (χ1) is 12.9. The smallest absolute Gasteiger partial charge is 0.253 e. The van der Waals surface area contributed by atoms with Crippen LogP contribution in [0.15, 0.2) is 33.5 Å². The molecular formula is C22H29BrN2O2. The maximum atomic E-state index is 12.7. The van der Waals surface area contributed by atoms with Crippen molar-refractivity contribution in [2.75, 3.05) is 11.5 Å². The molecule has 2 unspecified atom stereocenters. The van der Waals surface area contributed by atoms with Crippen molar-refractivity contribution in [3.63, 3.8) is 0 Å². The average molecular weight is 433 g/mol. The van der Waals surface area contributed by atoms with Gasteiger partial charge in [0.2, 0.25) is 0 Å². The molecule has 0 aliphatic carbocycles. The van der Waals surface area contributed by atoms with Crippen molar-refractivity contribution >= 4 is 21.6 Å². The lowest BCUT2D eigenvalue weighted by molar-refractivity contribution is 0.00450. The highest BCUT2D eigenvalue weighted by Crippen LogP contribution is 2.32. The van der Waals surface area contributed by atoms with Gasteiger partial charge in [-0.2, -0.15) is 0 Å². The molecular weight excluding hydrogens is 404 g/mol. The summed E-state index contributed by atoms with van der Waals surface area (Å²) in [6, 6.07) is 8.79. The maximum absolute atomic E-state index is 12.7. The van der Waals surface area contributed by atoms with Crippen molar-refractivity contribution < 1.29 is 4.74 Å². The van der Waals surface area contributed by atoms with E-state index in [1.807, 2.05) is 13.8 Å². The predicted molar refractivity (Wildman–Crippen MR) is 115 cm³/mol. The van der Waals surface area contributed by atoms with Crippen LogP contribution in [0, 0.1) is 20.8 Å². The van der Waals surface area contributed by atoms with E-state index in [0.717, 1.165) is 47.2 Å². The summed E-state index contributed by atoms with van der Waals surface area (Å²) in [6.45, 7) is 9.66. The Bertz CT molecular complexity index is 862. The summed E-state index contributed by atoms with van der Waals surface area (Å²) in [5, 5.41) is 0. The van der Waals surface area contributed by atoms with Crippen LogP contribution in [0.1, 0.15) is 48.6 Å². The molecule has 3 rings (SSSR count). The SMILES string of the molecule is CCC1CC(N(Cc2c(C)cc(C)[nH]c2=O)c2cc(Br)ccc2C)CCO1. The van der Waals surface area contributed by atoms with Gasteiger partial charge in [-0.1, -0.05) is 28.9 Å². The number of nitrogens with one attached hydrogen (secondary N) is 1. The monoisotopic (exact) mass is 432 g/mol. The predicted octanol–water partition coefficient (Wildman–Crippen LogP) is 5.03. The van der Waals surface area contributed by atoms with Crippen LogP contribution in [0.3, 0.4) is 0 Å². The Kier molecular flexibility index (Phi) is 6.43. The minimum Gasteiger partial charge on any atom is -0.378 e. The molecule has 2 atom stereocenters. The fraction of sp³-hybridized carbons (Fsp3) is 0.500. The molecule has 1 aliphatic rings. The Hall–Kier alpha value is -1.59. The van der Waals surface area contributed by atoms with Crippen LogP contribution in [0.4, 0.5) is 5.69 Å². The number of aryl methyl sites for hydroxylation is 3. The maximum Gasteiger partial charge on any atom is 0.253 e. The highest BCUT2D eigenvalue weighted by atomic mass is 79.9. The minimum absolute atomic E-state index is 0.0178. The van der Waals surface area contributed by atoms with Crippen molar-refractivity contribution in [2.24, 2.45) is 0 Å². The van der Waals surface area contributed by atoms with E-state index in [4.69, 9.17) is 4.74 Å². The van der Waals surface area contributed by atoms with E-state index in [0.29, 0.717) is 12.6 Å². The Morgan fingerprint density at radius 1 is 1.22 bits per heavy atom. The normalized spacial score (nSPS) is 19.9. The van der Waals surface area contributed by atoms with Crippen LogP contribution in [0.2, 0.25) is 0 Å². The Labute approximate surface area is 170 Å². The van der Waals surface area contributed by atoms with E-state index in [1.54, 1.807) is 0 Å². The van der Waals surface area contributed by atoms with Crippen molar-refractivity contribution in [2.45, 2.75) is 65.6 Å². The molecule has 146 valence electrons. The van der Waals surface area contributed by atoms with Crippen LogP contribution in [0.5, 0.6) is 0 Å². The fourth-order valence-corrected chi connectivity index (χ4v) is 4.33. The number of rotatable bonds is 5. The molecule has 2 aromatic rings. The number of benzene rings is 1. The molecule has 1 aliphatic heterocycles. The Morgan fingerprint density at radius 2 is 2.00 bits per heavy atom. The molecule has 1 N–H and O–H groups in total. The van der Waals surface area contributed by atoms with Crippen LogP contribution < -0.4 is 10.5 Å². The Balaban J connectivity index is 2.02. The van der Waals surface area contributed by atoms with E-state index in [2.05, 4.69) is 63.9 Å². The second-order valence-electron chi connectivity index (χ2n) is 7.58. The second kappa shape index (κ2) is 8.61. The standard InChI is InChI=1S/C22H29BrN2O2/c1-5-19-12-18(8-9-27-19)25(21-11-17(23)7-6-14(21)2)13-20-15(3)10-16(4)24-22(20)26/h6-7,10-11,18-19H,5,8-9,12-13H2,1-4H3,(H,24,26). The zero-order chi connectivity index (χ0) is 19.6. The van der Waals surface area contributed by atoms with Gasteiger partial charge in [-0.25, -0.2) is 0 Å². The molecule has 0 saturated carbocycles. The van der Waals surface area contributed by atoms with Gasteiger partial charge in [0.25, 0.3) is 5.56 Å². The summed E-state index contributed by atoms with van der Waals surface area (Å²) in [7, 11) is 0. The minimum atomic E-state index is 0.0178. The van der Waals surface area contributed by atoms with E-state index >= 15 is 0 Å². The Morgan fingerprint density at radius 3 is 2.70 bits per heavy atom. The third kappa shape index (κ3) is 4.64. The molecule has 2 heterocycles. The van der Waals surface area contributed by atoms with Gasteiger partial charge in [-0.15, -0.1) is 0 Å². The largest absolute Gasteiger partial charge is 0.378 e. The van der Waals surface area contributed by atoms with Crippen molar-refractivity contribution in [3.8, 4) is 0 Å². The first kappa shape index (κ1) is 20.2. The molecule has 1 aromatic carbocycles. The van der Waals surface area contributed by atoms with Crippen LogP contribution in [-0.4, -0.2) is 23.7 Å². The summed E-state index contributed by atoms with van der Waals surface area (Å²) >= 11 is 3.62. The van der Waals surface area contributed by atoms with Crippen LogP contribution in [0.25, 0.3) is 0 Å². The number of aromatic amines is 1. The summed E-state index contributed by atoms with van der Waals surface area (Å²) in [5.74, 6) is 0. The number of ether oxygens (including phenoxy) is 1. The highest BCUT2D eigenvalue weighted by Gasteiger charge is 2.28. The van der Waals surface area contributed by atoms with Gasteiger partial charge in [-0.05, 0) is 69.4 Å². The van der Waals surface area contributed by atoms with E-state index in [9.17, 15) is 4.79 Å². The number of hydrogen-bond donors (Lipinski definition) is 1. The van der Waals surface area contributed by atoms with Crippen molar-refractivity contribution in [1.29, 1.82) is 0 Å². The molecule has 0 radical (unpaired) electrons. The van der Waals surface area contributed by atoms with Gasteiger partial charge in [0.05, 0.1) is 6.10 Å². The van der Waals surface area contributed by atoms with Crippen LogP contribution in [-0.2, 0) is 11.3 Å². The van der Waals surface area contributed by atoms with E-state index in [-0.39, 0.29) is 11.7 Å². The van der Waals surface area contributed by atoms with Gasteiger partial charge in [-0.3, -0.25) is 4.79 Å². The van der Waals surface area contributed by atoms with Crippen molar-refractivity contribution in [1.82, 2.24) is 4.98 Å². The van der Waals surface area contributed by atoms with Gasteiger partial charge in [0, 0.05) is 40.6 Å². The van der Waals surface area contributed by atoms with Crippen molar-refractivity contribution in [3.05, 3.63) is 61.5 Å². The zero-order valence-electron chi connectivity index (χ0n) is 16.6. The van der Waals surface area contributed by atoms with Gasteiger partial charge >= 0.3 is 0 Å². The number of anilines is 1. The number of hydrogen-bond acceptors (Lipinski definition) is 3. The molecule has 5 heteroatoms. The van der Waals surface area contributed by atoms with Gasteiger partial charge in [0.1, 0.15) is 0 Å². The topological polar surface area (TPSA) is 45.3 Å². The first-order valence-electron chi connectivity index (χ1n) is 9.72. The summed E-state index contributed by atoms with van der Waals surface area (Å²) in [6.07, 6.45) is 3.28. The number of H-pyrrole nitrogens is 1. The molecule has 27 heavy (non-hydrogen) atoms. The summed E-state index contributed by atoms with van der Waals surface area (Å²) in [5.41, 5.74) is 5.23. The number of nitrogens with zero attached hydrogens (tertiary/aromatic N) is 1. The molecule has 0 amide bonds. The number of pyridine rings is 1. The number of halogens is 1. The third-order valence-corrected chi connectivity index (χ3v) is 6.03.